The van der Waals surface area contributed by atoms with Crippen LogP contribution in [0.2, 0.25) is 0 Å². The van der Waals surface area contributed by atoms with Crippen LogP contribution in [0.3, 0.4) is 0 Å². The Labute approximate surface area is 192 Å². The summed E-state index contributed by atoms with van der Waals surface area (Å²) in [6, 6.07) is 8.26. The maximum absolute atomic E-state index is 13.2. The molecule has 1 aliphatic rings. The number of sulfone groups is 1. The Bertz CT molecular complexity index is 1020. The molecule has 1 aromatic carbocycles. The van der Waals surface area contributed by atoms with Crippen LogP contribution in [-0.2, 0) is 25.8 Å². The highest BCUT2D eigenvalue weighted by atomic mass is 32.2. The van der Waals surface area contributed by atoms with E-state index >= 15 is 0 Å². The van der Waals surface area contributed by atoms with Gasteiger partial charge in [0, 0.05) is 18.1 Å². The molecule has 3 rings (SSSR count). The van der Waals surface area contributed by atoms with Gasteiger partial charge in [0.2, 0.25) is 0 Å². The lowest BCUT2D eigenvalue weighted by Gasteiger charge is -2.34. The number of nitrogens with one attached hydrogen (secondary N) is 1. The number of benzene rings is 1. The van der Waals surface area contributed by atoms with E-state index in [4.69, 9.17) is 14.7 Å². The Morgan fingerprint density at radius 2 is 2.03 bits per heavy atom. The standard InChI is InChI=1S/C23H29NO6S2/c1-3-17(2)18-15-20(31-16-18)5-4-12-30-19-6-8-21(9-7-19)32(27,28)23(22(25)24-26)10-13-29-14-11-23/h3,6-9,15-17,26H,1,4-5,10-14H2,2H3,(H,24,25). The molecule has 0 spiro atoms. The topological polar surface area (TPSA) is 102 Å². The van der Waals surface area contributed by atoms with Crippen LogP contribution in [0, 0.1) is 0 Å². The van der Waals surface area contributed by atoms with Gasteiger partial charge in [-0.15, -0.1) is 17.9 Å². The molecular weight excluding hydrogens is 450 g/mol. The summed E-state index contributed by atoms with van der Waals surface area (Å²) in [5, 5.41) is 11.3. The zero-order valence-electron chi connectivity index (χ0n) is 18.1. The summed E-state index contributed by atoms with van der Waals surface area (Å²) in [5.41, 5.74) is 2.79. The maximum Gasteiger partial charge on any atom is 0.265 e. The molecule has 1 fully saturated rings. The monoisotopic (exact) mass is 479 g/mol. The Morgan fingerprint density at radius 3 is 2.66 bits per heavy atom. The van der Waals surface area contributed by atoms with Crippen LogP contribution in [0.5, 0.6) is 5.75 Å². The first-order valence-electron chi connectivity index (χ1n) is 10.5. The molecule has 1 unspecified atom stereocenters. The Morgan fingerprint density at radius 1 is 1.34 bits per heavy atom. The van der Waals surface area contributed by atoms with Crippen molar-refractivity contribution in [3.8, 4) is 5.75 Å². The summed E-state index contributed by atoms with van der Waals surface area (Å²) in [5.74, 6) is -0.0288. The summed E-state index contributed by atoms with van der Waals surface area (Å²) >= 11 is 1.73. The molecule has 2 heterocycles. The van der Waals surface area contributed by atoms with Crippen molar-refractivity contribution in [3.05, 3.63) is 58.8 Å². The normalized spacial score (nSPS) is 16.8. The predicted molar refractivity (Wildman–Crippen MR) is 123 cm³/mol. The molecule has 1 atom stereocenters. The lowest BCUT2D eigenvalue weighted by Crippen LogP contribution is -2.54. The van der Waals surface area contributed by atoms with Crippen molar-refractivity contribution in [2.24, 2.45) is 0 Å². The van der Waals surface area contributed by atoms with Gasteiger partial charge in [0.05, 0.1) is 11.5 Å². The number of carbonyl (C=O) groups excluding carboxylic acids is 1. The van der Waals surface area contributed by atoms with E-state index in [2.05, 4.69) is 24.9 Å². The van der Waals surface area contributed by atoms with E-state index in [1.807, 2.05) is 6.08 Å². The number of aryl methyl sites for hydroxylation is 1. The van der Waals surface area contributed by atoms with Crippen LogP contribution >= 0.6 is 11.3 Å². The van der Waals surface area contributed by atoms with Gasteiger partial charge in [-0.3, -0.25) is 10.0 Å². The quantitative estimate of drug-likeness (QED) is 0.232. The van der Waals surface area contributed by atoms with Crippen molar-refractivity contribution >= 4 is 27.1 Å². The van der Waals surface area contributed by atoms with Crippen molar-refractivity contribution in [1.82, 2.24) is 5.48 Å². The third kappa shape index (κ3) is 5.06. The van der Waals surface area contributed by atoms with E-state index in [1.54, 1.807) is 23.5 Å². The number of amides is 1. The lowest BCUT2D eigenvalue weighted by molar-refractivity contribution is -0.134. The van der Waals surface area contributed by atoms with Crippen LogP contribution in [0.15, 0.2) is 53.3 Å². The molecule has 7 nitrogen and oxygen atoms in total. The molecule has 0 saturated carbocycles. The van der Waals surface area contributed by atoms with E-state index in [9.17, 15) is 13.2 Å². The smallest absolute Gasteiger partial charge is 0.265 e. The summed E-state index contributed by atoms with van der Waals surface area (Å²) < 4.78 is 35.7. The highest BCUT2D eigenvalue weighted by molar-refractivity contribution is 7.93. The molecule has 1 saturated heterocycles. The van der Waals surface area contributed by atoms with Gasteiger partial charge in [-0.25, -0.2) is 13.9 Å². The van der Waals surface area contributed by atoms with Gasteiger partial charge < -0.3 is 9.47 Å². The minimum Gasteiger partial charge on any atom is -0.494 e. The van der Waals surface area contributed by atoms with Crippen molar-refractivity contribution in [3.63, 3.8) is 0 Å². The minimum atomic E-state index is -4.03. The van der Waals surface area contributed by atoms with Crippen LogP contribution in [-0.4, -0.2) is 44.1 Å². The number of hydrogen-bond acceptors (Lipinski definition) is 7. The number of ether oxygens (including phenoxy) is 2. The second-order valence-corrected chi connectivity index (χ2v) is 11.1. The molecule has 0 radical (unpaired) electrons. The second-order valence-electron chi connectivity index (χ2n) is 7.85. The van der Waals surface area contributed by atoms with Crippen molar-refractivity contribution in [2.45, 2.75) is 48.2 Å². The van der Waals surface area contributed by atoms with Gasteiger partial charge in [0.25, 0.3) is 5.91 Å². The van der Waals surface area contributed by atoms with Gasteiger partial charge in [0.1, 0.15) is 5.75 Å². The average Bonchev–Trinajstić information content (AvgIpc) is 3.30. The molecule has 0 bridgehead atoms. The number of hydrogen-bond donors (Lipinski definition) is 2. The lowest BCUT2D eigenvalue weighted by atomic mass is 9.98. The summed E-state index contributed by atoms with van der Waals surface area (Å²) in [4.78, 5) is 13.6. The maximum atomic E-state index is 13.2. The number of thiophene rings is 1. The fourth-order valence-corrected chi connectivity index (χ4v) is 6.68. The molecular formula is C23H29NO6S2. The fourth-order valence-electron chi connectivity index (χ4n) is 3.70. The third-order valence-electron chi connectivity index (χ3n) is 5.85. The van der Waals surface area contributed by atoms with Crippen LogP contribution in [0.1, 0.15) is 42.5 Å². The number of hydroxylamine groups is 1. The fraction of sp³-hybridized carbons (Fsp3) is 0.435. The van der Waals surface area contributed by atoms with Gasteiger partial charge in [0.15, 0.2) is 14.6 Å². The minimum absolute atomic E-state index is 0.0119. The van der Waals surface area contributed by atoms with E-state index in [0.29, 0.717) is 18.3 Å². The molecule has 2 aromatic rings. The van der Waals surface area contributed by atoms with Gasteiger partial charge in [-0.2, -0.15) is 0 Å². The van der Waals surface area contributed by atoms with E-state index in [-0.39, 0.29) is 31.0 Å². The molecule has 1 amide bonds. The zero-order valence-corrected chi connectivity index (χ0v) is 19.7. The van der Waals surface area contributed by atoms with Gasteiger partial charge in [-0.05, 0) is 72.9 Å². The van der Waals surface area contributed by atoms with Crippen molar-refractivity contribution < 1.29 is 27.9 Å². The van der Waals surface area contributed by atoms with Crippen molar-refractivity contribution in [1.29, 1.82) is 0 Å². The van der Waals surface area contributed by atoms with Crippen molar-refractivity contribution in [2.75, 3.05) is 19.8 Å². The highest BCUT2D eigenvalue weighted by Crippen LogP contribution is 2.35. The van der Waals surface area contributed by atoms with Crippen LogP contribution in [0.25, 0.3) is 0 Å². The SMILES string of the molecule is C=CC(C)c1csc(CCCOc2ccc(S(=O)(=O)C3(C(=O)NO)CCOCC3)cc2)c1. The summed E-state index contributed by atoms with van der Waals surface area (Å²) in [6.45, 7) is 6.71. The van der Waals surface area contributed by atoms with Crippen LogP contribution < -0.4 is 10.2 Å². The average molecular weight is 480 g/mol. The number of carbonyl (C=O) groups is 1. The molecule has 1 aromatic heterocycles. The molecule has 9 heteroatoms. The van der Waals surface area contributed by atoms with Gasteiger partial charge >= 0.3 is 0 Å². The van der Waals surface area contributed by atoms with Crippen LogP contribution in [0.4, 0.5) is 0 Å². The van der Waals surface area contributed by atoms with E-state index in [0.717, 1.165) is 12.8 Å². The summed E-state index contributed by atoms with van der Waals surface area (Å²) in [7, 11) is -4.03. The number of allylic oxidation sites excluding steroid dienone is 1. The largest absolute Gasteiger partial charge is 0.494 e. The van der Waals surface area contributed by atoms with Gasteiger partial charge in [-0.1, -0.05) is 13.0 Å². The zero-order chi connectivity index (χ0) is 23.2. The first-order valence-corrected chi connectivity index (χ1v) is 12.9. The Hall–Kier alpha value is -2.20. The highest BCUT2D eigenvalue weighted by Gasteiger charge is 2.52. The first-order chi connectivity index (χ1) is 15.3. The third-order valence-corrected chi connectivity index (χ3v) is 9.38. The predicted octanol–water partition coefficient (Wildman–Crippen LogP) is 3.88. The number of rotatable bonds is 10. The summed E-state index contributed by atoms with van der Waals surface area (Å²) in [6.07, 6.45) is 3.63. The molecule has 1 aliphatic heterocycles. The second kappa shape index (κ2) is 10.6. The molecule has 32 heavy (non-hydrogen) atoms. The first kappa shape index (κ1) is 24.4. The van der Waals surface area contributed by atoms with E-state index < -0.39 is 20.5 Å². The Balaban J connectivity index is 1.60. The Kier molecular flexibility index (Phi) is 8.10. The molecule has 2 N–H and O–H groups in total. The molecule has 0 aliphatic carbocycles. The molecule has 174 valence electrons. The van der Waals surface area contributed by atoms with E-state index in [1.165, 1.54) is 28.1 Å².